The Hall–Kier alpha value is -4.02. The molecule has 0 radical (unpaired) electrons. The van der Waals surface area contributed by atoms with Crippen LogP contribution in [-0.2, 0) is 32.3 Å². The molecule has 10 heteroatoms. The van der Waals surface area contributed by atoms with Gasteiger partial charge in [0.25, 0.3) is 11.8 Å². The summed E-state index contributed by atoms with van der Waals surface area (Å²) in [5.41, 5.74) is 0.764. The van der Waals surface area contributed by atoms with Gasteiger partial charge in [-0.1, -0.05) is 0 Å². The van der Waals surface area contributed by atoms with Crippen molar-refractivity contribution in [3.05, 3.63) is 72.6 Å². The van der Waals surface area contributed by atoms with Crippen LogP contribution in [0.5, 0.6) is 0 Å². The molecule has 2 aromatic heterocycles. The van der Waals surface area contributed by atoms with E-state index < -0.39 is 12.1 Å². The number of carbonyl (C=O) groups is 4. The third kappa shape index (κ3) is 4.16. The minimum Gasteiger partial charge on any atom is -0.468 e. The Kier molecular flexibility index (Phi) is 5.83. The first-order valence-electron chi connectivity index (χ1n) is 10.9. The molecule has 0 aliphatic carbocycles. The highest BCUT2D eigenvalue weighted by Crippen LogP contribution is 2.28. The Labute approximate surface area is 194 Å². The Morgan fingerprint density at radius 3 is 1.44 bits per heavy atom. The fourth-order valence-electron chi connectivity index (χ4n) is 4.15. The first-order valence-corrected chi connectivity index (χ1v) is 10.9. The molecular weight excluding hydrogens is 440 g/mol. The Morgan fingerprint density at radius 2 is 1.09 bits per heavy atom. The third-order valence-corrected chi connectivity index (χ3v) is 5.86. The lowest BCUT2D eigenvalue weighted by Gasteiger charge is -2.18. The van der Waals surface area contributed by atoms with E-state index in [2.05, 4.69) is 10.6 Å². The lowest BCUT2D eigenvalue weighted by molar-refractivity contribution is -0.123. The summed E-state index contributed by atoms with van der Waals surface area (Å²) < 4.78 is 10.5. The summed E-state index contributed by atoms with van der Waals surface area (Å²) in [6.45, 7) is 0.662. The Bertz CT molecular complexity index is 1110. The van der Waals surface area contributed by atoms with Crippen LogP contribution < -0.4 is 20.4 Å². The van der Waals surface area contributed by atoms with Gasteiger partial charge >= 0.3 is 0 Å². The third-order valence-electron chi connectivity index (χ3n) is 5.86. The molecule has 2 atom stereocenters. The van der Waals surface area contributed by atoms with Crippen LogP contribution in [0.3, 0.4) is 0 Å². The molecule has 3 aromatic rings. The number of hydrogen-bond acceptors (Lipinski definition) is 8. The van der Waals surface area contributed by atoms with Crippen molar-refractivity contribution in [1.82, 2.24) is 10.6 Å². The summed E-state index contributed by atoms with van der Waals surface area (Å²) in [7, 11) is 0. The van der Waals surface area contributed by atoms with Gasteiger partial charge in [-0.15, -0.1) is 0 Å². The number of benzene rings is 1. The van der Waals surface area contributed by atoms with E-state index in [9.17, 15) is 19.2 Å². The zero-order valence-corrected chi connectivity index (χ0v) is 18.1. The molecule has 0 bridgehead atoms. The van der Waals surface area contributed by atoms with Crippen LogP contribution in [0.4, 0.5) is 11.4 Å². The van der Waals surface area contributed by atoms with Crippen molar-refractivity contribution in [2.24, 2.45) is 0 Å². The molecule has 5 rings (SSSR count). The van der Waals surface area contributed by atoms with Gasteiger partial charge in [-0.25, -0.2) is 9.80 Å². The van der Waals surface area contributed by atoms with Crippen LogP contribution in [-0.4, -0.2) is 35.7 Å². The normalized spacial score (nSPS) is 20.7. The summed E-state index contributed by atoms with van der Waals surface area (Å²) in [6.07, 6.45) is 3.15. The van der Waals surface area contributed by atoms with Gasteiger partial charge in [0.15, 0.2) is 0 Å². The quantitative estimate of drug-likeness (QED) is 0.485. The van der Waals surface area contributed by atoms with E-state index in [4.69, 9.17) is 8.83 Å². The van der Waals surface area contributed by atoms with Crippen molar-refractivity contribution in [1.29, 1.82) is 0 Å². The number of nitrogens with one attached hydrogen (secondary N) is 2. The molecule has 4 heterocycles. The Morgan fingerprint density at radius 1 is 0.676 bits per heavy atom. The van der Waals surface area contributed by atoms with Crippen LogP contribution in [0.1, 0.15) is 24.4 Å². The molecule has 2 aliphatic heterocycles. The zero-order chi connectivity index (χ0) is 23.7. The summed E-state index contributed by atoms with van der Waals surface area (Å²) in [6, 6.07) is 12.0. The lowest BCUT2D eigenvalue weighted by atomic mass is 10.2. The van der Waals surface area contributed by atoms with Gasteiger partial charge in [0.2, 0.25) is 11.8 Å². The van der Waals surface area contributed by atoms with E-state index in [0.717, 1.165) is 9.80 Å². The predicted octanol–water partition coefficient (Wildman–Crippen LogP) is 1.72. The molecule has 2 saturated heterocycles. The predicted molar refractivity (Wildman–Crippen MR) is 119 cm³/mol. The highest BCUT2D eigenvalue weighted by Gasteiger charge is 2.41. The van der Waals surface area contributed by atoms with E-state index in [1.54, 1.807) is 61.1 Å². The van der Waals surface area contributed by atoms with Gasteiger partial charge in [0.05, 0.1) is 61.9 Å². The van der Waals surface area contributed by atoms with Crippen molar-refractivity contribution >= 4 is 35.0 Å². The molecular formula is C24H22N4O6. The highest BCUT2D eigenvalue weighted by molar-refractivity contribution is 6.24. The molecule has 1 aromatic carbocycles. The minimum absolute atomic E-state index is 0.0351. The largest absolute Gasteiger partial charge is 0.468 e. The molecule has 2 fully saturated rings. The van der Waals surface area contributed by atoms with Crippen LogP contribution in [0, 0.1) is 0 Å². The number of rotatable bonds is 8. The van der Waals surface area contributed by atoms with Crippen LogP contribution in [0.25, 0.3) is 0 Å². The molecule has 174 valence electrons. The molecule has 0 spiro atoms. The number of anilines is 2. The number of carbonyl (C=O) groups excluding carboxylic acids is 4. The standard InChI is InChI=1S/C24H22N4O6/c29-21-11-19(25-13-17-3-1-9-33-17)23(31)27(21)15-5-7-16(8-6-15)28-22(30)12-20(24(28)32)26-14-18-4-2-10-34-18/h1-10,19-20,25-26H,11-14H2/t19-,20+. The minimum atomic E-state index is -0.653. The number of hydrogen-bond donors (Lipinski definition) is 2. The Balaban J connectivity index is 1.24. The molecule has 34 heavy (non-hydrogen) atoms. The molecule has 0 saturated carbocycles. The fourth-order valence-corrected chi connectivity index (χ4v) is 4.15. The fraction of sp³-hybridized carbons (Fsp3) is 0.250. The molecule has 2 N–H and O–H groups in total. The zero-order valence-electron chi connectivity index (χ0n) is 18.1. The smallest absolute Gasteiger partial charge is 0.251 e. The highest BCUT2D eigenvalue weighted by atomic mass is 16.3. The van der Waals surface area contributed by atoms with Crippen molar-refractivity contribution in [2.45, 2.75) is 38.0 Å². The van der Waals surface area contributed by atoms with Gasteiger partial charge in [0, 0.05) is 0 Å². The van der Waals surface area contributed by atoms with Gasteiger partial charge in [0.1, 0.15) is 11.5 Å². The maximum absolute atomic E-state index is 12.8. The SMILES string of the molecule is O=C1C[C@H](NCc2ccco2)C(=O)N1c1ccc(N2C(=O)C[C@@H](NCc3ccco3)C2=O)cc1. The first-order chi connectivity index (χ1) is 16.5. The van der Waals surface area contributed by atoms with Crippen LogP contribution >= 0.6 is 0 Å². The lowest BCUT2D eigenvalue weighted by Crippen LogP contribution is -2.39. The maximum Gasteiger partial charge on any atom is 0.251 e. The second kappa shape index (κ2) is 9.08. The van der Waals surface area contributed by atoms with E-state index in [1.807, 2.05) is 0 Å². The summed E-state index contributed by atoms with van der Waals surface area (Å²) in [4.78, 5) is 52.9. The summed E-state index contributed by atoms with van der Waals surface area (Å²) >= 11 is 0. The van der Waals surface area contributed by atoms with Gasteiger partial charge in [-0.05, 0) is 48.5 Å². The number of imide groups is 2. The summed E-state index contributed by atoms with van der Waals surface area (Å²) in [5.74, 6) is -0.0463. The second-order valence-corrected chi connectivity index (χ2v) is 8.09. The molecule has 2 aliphatic rings. The van der Waals surface area contributed by atoms with Crippen molar-refractivity contribution in [2.75, 3.05) is 9.80 Å². The van der Waals surface area contributed by atoms with Crippen LogP contribution in [0.2, 0.25) is 0 Å². The molecule has 0 unspecified atom stereocenters. The van der Waals surface area contributed by atoms with Gasteiger partial charge in [-0.2, -0.15) is 0 Å². The summed E-state index contributed by atoms with van der Waals surface area (Å²) in [5, 5.41) is 6.08. The first kappa shape index (κ1) is 21.8. The van der Waals surface area contributed by atoms with E-state index in [0.29, 0.717) is 36.0 Å². The number of furan rings is 2. The number of amides is 4. The van der Waals surface area contributed by atoms with E-state index in [-0.39, 0.29) is 36.5 Å². The van der Waals surface area contributed by atoms with Crippen molar-refractivity contribution in [3.8, 4) is 0 Å². The van der Waals surface area contributed by atoms with Gasteiger partial charge < -0.3 is 8.83 Å². The second-order valence-electron chi connectivity index (χ2n) is 8.09. The topological polar surface area (TPSA) is 125 Å². The van der Waals surface area contributed by atoms with Crippen molar-refractivity contribution in [3.63, 3.8) is 0 Å². The average molecular weight is 462 g/mol. The maximum atomic E-state index is 12.8. The monoisotopic (exact) mass is 462 g/mol. The van der Waals surface area contributed by atoms with E-state index in [1.165, 1.54) is 0 Å². The molecule has 10 nitrogen and oxygen atoms in total. The van der Waals surface area contributed by atoms with E-state index >= 15 is 0 Å². The number of nitrogens with zero attached hydrogens (tertiary/aromatic N) is 2. The van der Waals surface area contributed by atoms with Crippen molar-refractivity contribution < 1.29 is 28.0 Å². The molecule has 4 amide bonds. The average Bonchev–Trinajstić information content (AvgIpc) is 3.61. The van der Waals surface area contributed by atoms with Gasteiger partial charge in [-0.3, -0.25) is 29.8 Å². The van der Waals surface area contributed by atoms with Crippen LogP contribution in [0.15, 0.2) is 69.9 Å².